The fraction of sp³-hybridized carbons (Fsp3) is 0.444. The fourth-order valence-corrected chi connectivity index (χ4v) is 2.58. The summed E-state index contributed by atoms with van der Waals surface area (Å²) in [5.41, 5.74) is 0.0384. The highest BCUT2D eigenvalue weighted by molar-refractivity contribution is 6.05. The molecule has 0 bridgehead atoms. The Hall–Kier alpha value is -3.04. The molecule has 0 aromatic heterocycles. The Kier molecular flexibility index (Phi) is 7.85. The third-order valence-electron chi connectivity index (χ3n) is 3.95. The average molecular weight is 398 g/mol. The maximum Gasteiger partial charge on any atom is 0.387 e. The Morgan fingerprint density at radius 3 is 2.50 bits per heavy atom. The second kappa shape index (κ2) is 10.3. The molecular weight excluding hydrogens is 378 g/mol. The standard InChI is InChI=1S/C18H20F2N2O6/c19-18(20)28-13-7-5-12(6-8-13)17(26)21-14(23)11-27-16(25)10-22-9-3-1-2-4-15(22)24/h5-8,18H,1-4,9-11H2,(H,21,23,26). The van der Waals surface area contributed by atoms with Gasteiger partial charge in [0.05, 0.1) is 0 Å². The Morgan fingerprint density at radius 2 is 1.82 bits per heavy atom. The van der Waals surface area contributed by atoms with Crippen LogP contribution >= 0.6 is 0 Å². The molecule has 0 atom stereocenters. The van der Waals surface area contributed by atoms with Gasteiger partial charge in [-0.2, -0.15) is 8.78 Å². The number of nitrogens with zero attached hydrogens (tertiary/aromatic N) is 1. The van der Waals surface area contributed by atoms with Gasteiger partial charge in [0.2, 0.25) is 5.91 Å². The smallest absolute Gasteiger partial charge is 0.387 e. The van der Waals surface area contributed by atoms with Gasteiger partial charge in [-0.25, -0.2) is 0 Å². The quantitative estimate of drug-likeness (QED) is 0.699. The van der Waals surface area contributed by atoms with E-state index in [1.54, 1.807) is 0 Å². The van der Waals surface area contributed by atoms with Gasteiger partial charge in [0, 0.05) is 18.5 Å². The van der Waals surface area contributed by atoms with E-state index in [0.29, 0.717) is 13.0 Å². The van der Waals surface area contributed by atoms with E-state index in [1.165, 1.54) is 17.0 Å². The number of esters is 1. The molecule has 1 saturated heterocycles. The summed E-state index contributed by atoms with van der Waals surface area (Å²) in [6, 6.07) is 4.72. The summed E-state index contributed by atoms with van der Waals surface area (Å²) in [4.78, 5) is 48.7. The predicted octanol–water partition coefficient (Wildman–Crippen LogP) is 1.49. The van der Waals surface area contributed by atoms with Crippen LogP contribution in [0.3, 0.4) is 0 Å². The van der Waals surface area contributed by atoms with Gasteiger partial charge in [0.25, 0.3) is 11.8 Å². The van der Waals surface area contributed by atoms with Crippen LogP contribution in [0.15, 0.2) is 24.3 Å². The van der Waals surface area contributed by atoms with Gasteiger partial charge >= 0.3 is 12.6 Å². The minimum Gasteiger partial charge on any atom is -0.454 e. The lowest BCUT2D eigenvalue weighted by molar-refractivity contribution is -0.152. The summed E-state index contributed by atoms with van der Waals surface area (Å²) in [6.45, 7) is -3.45. The zero-order valence-electron chi connectivity index (χ0n) is 15.0. The molecule has 0 aliphatic carbocycles. The lowest BCUT2D eigenvalue weighted by atomic mass is 10.2. The largest absolute Gasteiger partial charge is 0.454 e. The molecule has 1 aliphatic heterocycles. The number of likely N-dealkylation sites (tertiary alicyclic amines) is 1. The highest BCUT2D eigenvalue weighted by atomic mass is 19.3. The zero-order valence-corrected chi connectivity index (χ0v) is 15.0. The second-order valence-electron chi connectivity index (χ2n) is 6.07. The molecule has 0 radical (unpaired) electrons. The average Bonchev–Trinajstić information content (AvgIpc) is 2.84. The third-order valence-corrected chi connectivity index (χ3v) is 3.95. The van der Waals surface area contributed by atoms with Crippen LogP contribution in [-0.2, 0) is 19.1 Å². The number of carbonyl (C=O) groups excluding carboxylic acids is 4. The van der Waals surface area contributed by atoms with Gasteiger partial charge in [0.15, 0.2) is 6.61 Å². The molecule has 1 aliphatic rings. The Morgan fingerprint density at radius 1 is 1.11 bits per heavy atom. The van der Waals surface area contributed by atoms with Crippen LogP contribution < -0.4 is 10.1 Å². The van der Waals surface area contributed by atoms with E-state index in [2.05, 4.69) is 4.74 Å². The molecule has 1 fully saturated rings. The first-order chi connectivity index (χ1) is 13.3. The minimum absolute atomic E-state index is 0.0384. The van der Waals surface area contributed by atoms with Crippen LogP contribution in [0.5, 0.6) is 5.75 Å². The normalized spacial score (nSPS) is 14.4. The van der Waals surface area contributed by atoms with Crippen molar-refractivity contribution in [3.8, 4) is 5.75 Å². The second-order valence-corrected chi connectivity index (χ2v) is 6.07. The molecular formula is C18H20F2N2O6. The summed E-state index contributed by atoms with van der Waals surface area (Å²) in [6.07, 6.45) is 2.87. The molecule has 2 rings (SSSR count). The minimum atomic E-state index is -2.99. The van der Waals surface area contributed by atoms with Gasteiger partial charge in [-0.1, -0.05) is 6.42 Å². The highest BCUT2D eigenvalue weighted by Crippen LogP contribution is 2.15. The number of halogens is 2. The van der Waals surface area contributed by atoms with Crippen molar-refractivity contribution in [2.75, 3.05) is 19.7 Å². The van der Waals surface area contributed by atoms with Crippen molar-refractivity contribution in [3.05, 3.63) is 29.8 Å². The molecule has 1 heterocycles. The highest BCUT2D eigenvalue weighted by Gasteiger charge is 2.20. The number of rotatable bonds is 7. The van der Waals surface area contributed by atoms with Crippen molar-refractivity contribution in [1.29, 1.82) is 0 Å². The first-order valence-electron chi connectivity index (χ1n) is 8.67. The van der Waals surface area contributed by atoms with E-state index in [4.69, 9.17) is 4.74 Å². The van der Waals surface area contributed by atoms with Crippen molar-refractivity contribution in [2.24, 2.45) is 0 Å². The van der Waals surface area contributed by atoms with E-state index in [9.17, 15) is 28.0 Å². The van der Waals surface area contributed by atoms with Crippen molar-refractivity contribution < 1.29 is 37.4 Å². The van der Waals surface area contributed by atoms with Crippen LogP contribution in [-0.4, -0.2) is 54.9 Å². The Bertz CT molecular complexity index is 723. The SMILES string of the molecule is O=C(COC(=O)CN1CCCCCC1=O)NC(=O)c1ccc(OC(F)F)cc1. The van der Waals surface area contributed by atoms with Crippen molar-refractivity contribution in [3.63, 3.8) is 0 Å². The van der Waals surface area contributed by atoms with Crippen molar-refractivity contribution in [2.45, 2.75) is 32.3 Å². The number of imide groups is 1. The van der Waals surface area contributed by atoms with E-state index >= 15 is 0 Å². The fourth-order valence-electron chi connectivity index (χ4n) is 2.58. The molecule has 3 amide bonds. The van der Waals surface area contributed by atoms with Crippen molar-refractivity contribution in [1.82, 2.24) is 10.2 Å². The molecule has 28 heavy (non-hydrogen) atoms. The molecule has 1 aromatic carbocycles. The van der Waals surface area contributed by atoms with Gasteiger partial charge in [0.1, 0.15) is 12.3 Å². The Labute approximate surface area is 159 Å². The zero-order chi connectivity index (χ0) is 20.5. The molecule has 10 heteroatoms. The molecule has 0 spiro atoms. The van der Waals surface area contributed by atoms with E-state index in [0.717, 1.165) is 31.4 Å². The van der Waals surface area contributed by atoms with Crippen LogP contribution in [0, 0.1) is 0 Å². The molecule has 1 N–H and O–H groups in total. The summed E-state index contributed by atoms with van der Waals surface area (Å²) >= 11 is 0. The number of hydrogen-bond acceptors (Lipinski definition) is 6. The van der Waals surface area contributed by atoms with Crippen LogP contribution in [0.4, 0.5) is 8.78 Å². The number of nitrogens with one attached hydrogen (secondary N) is 1. The summed E-state index contributed by atoms with van der Waals surface area (Å²) in [7, 11) is 0. The molecule has 1 aromatic rings. The number of amides is 3. The Balaban J connectivity index is 1.75. The maximum atomic E-state index is 12.1. The van der Waals surface area contributed by atoms with E-state index in [1.807, 2.05) is 5.32 Å². The van der Waals surface area contributed by atoms with E-state index in [-0.39, 0.29) is 23.8 Å². The number of ether oxygens (including phenoxy) is 2. The maximum absolute atomic E-state index is 12.1. The summed E-state index contributed by atoms with van der Waals surface area (Å²) in [5.74, 6) is -2.64. The molecule has 0 unspecified atom stereocenters. The van der Waals surface area contributed by atoms with Gasteiger partial charge in [-0.05, 0) is 37.1 Å². The van der Waals surface area contributed by atoms with Crippen LogP contribution in [0.1, 0.15) is 36.0 Å². The number of benzene rings is 1. The van der Waals surface area contributed by atoms with Crippen LogP contribution in [0.25, 0.3) is 0 Å². The first kappa shape index (κ1) is 21.3. The van der Waals surface area contributed by atoms with E-state index < -0.39 is 31.0 Å². The lowest BCUT2D eigenvalue weighted by Gasteiger charge is -2.19. The third kappa shape index (κ3) is 6.93. The summed E-state index contributed by atoms with van der Waals surface area (Å²) in [5, 5.41) is 2.01. The van der Waals surface area contributed by atoms with Crippen LogP contribution in [0.2, 0.25) is 0 Å². The topological polar surface area (TPSA) is 102 Å². The molecule has 152 valence electrons. The van der Waals surface area contributed by atoms with Gasteiger partial charge < -0.3 is 14.4 Å². The summed E-state index contributed by atoms with van der Waals surface area (Å²) < 4.78 is 33.1. The molecule has 8 nitrogen and oxygen atoms in total. The first-order valence-corrected chi connectivity index (χ1v) is 8.67. The van der Waals surface area contributed by atoms with Crippen molar-refractivity contribution >= 4 is 23.7 Å². The predicted molar refractivity (Wildman–Crippen MR) is 91.6 cm³/mol. The lowest BCUT2D eigenvalue weighted by Crippen LogP contribution is -2.38. The number of carbonyl (C=O) groups is 4. The molecule has 0 saturated carbocycles. The number of alkyl halides is 2. The number of hydrogen-bond donors (Lipinski definition) is 1. The van der Waals surface area contributed by atoms with Gasteiger partial charge in [-0.3, -0.25) is 24.5 Å². The monoisotopic (exact) mass is 398 g/mol. The van der Waals surface area contributed by atoms with Gasteiger partial charge in [-0.15, -0.1) is 0 Å².